The molecule has 0 unspecified atom stereocenters. The summed E-state index contributed by atoms with van der Waals surface area (Å²) < 4.78 is 56.4. The van der Waals surface area contributed by atoms with Crippen LogP contribution in [-0.2, 0) is 25.2 Å². The van der Waals surface area contributed by atoms with Crippen molar-refractivity contribution in [3.63, 3.8) is 0 Å². The molecule has 0 saturated carbocycles. The molecule has 0 fully saturated rings. The Bertz CT molecular complexity index is 1110. The smallest absolute Gasteiger partial charge is 0.475 e. The number of amides is 1. The molecule has 0 radical (unpaired) electrons. The van der Waals surface area contributed by atoms with Gasteiger partial charge in [0, 0.05) is 30.9 Å². The first-order valence-corrected chi connectivity index (χ1v) is 12.7. The summed E-state index contributed by atoms with van der Waals surface area (Å²) in [5, 5.41) is 9.96. The molecule has 35 heavy (non-hydrogen) atoms. The maximum Gasteiger partial charge on any atom is 0.490 e. The van der Waals surface area contributed by atoms with Crippen molar-refractivity contribution in [3.05, 3.63) is 59.2 Å². The van der Waals surface area contributed by atoms with Gasteiger partial charge in [0.1, 0.15) is 0 Å². The van der Waals surface area contributed by atoms with Gasteiger partial charge in [-0.1, -0.05) is 29.8 Å². The summed E-state index contributed by atoms with van der Waals surface area (Å²) in [5.74, 6) is -3.25. The van der Waals surface area contributed by atoms with Gasteiger partial charge in [0.2, 0.25) is 5.91 Å². The van der Waals surface area contributed by atoms with Crippen LogP contribution in [-0.4, -0.2) is 50.4 Å². The Morgan fingerprint density at radius 1 is 1.03 bits per heavy atom. The van der Waals surface area contributed by atoms with Gasteiger partial charge in [-0.3, -0.25) is 4.79 Å². The second-order valence-electron chi connectivity index (χ2n) is 7.85. The number of carbonyl (C=O) groups is 2. The molecule has 2 N–H and O–H groups in total. The van der Waals surface area contributed by atoms with Crippen molar-refractivity contribution in [3.8, 4) is 0 Å². The molecule has 194 valence electrons. The number of aryl methyl sites for hydroxylation is 2. The van der Waals surface area contributed by atoms with E-state index in [0.717, 1.165) is 41.2 Å². The van der Waals surface area contributed by atoms with E-state index in [9.17, 15) is 26.4 Å². The number of hydrogen-bond acceptors (Lipinski definition) is 5. The Kier molecular flexibility index (Phi) is 11.2. The highest BCUT2D eigenvalue weighted by atomic mass is 32.2. The van der Waals surface area contributed by atoms with Crippen LogP contribution in [0.3, 0.4) is 0 Å². The van der Waals surface area contributed by atoms with E-state index in [2.05, 4.69) is 24.1 Å². The monoisotopic (exact) mass is 516 g/mol. The van der Waals surface area contributed by atoms with Crippen LogP contribution in [0.5, 0.6) is 0 Å². The molecule has 11 heteroatoms. The average Bonchev–Trinajstić information content (AvgIpc) is 2.74. The molecule has 0 aliphatic rings. The first-order valence-electron chi connectivity index (χ1n) is 10.9. The summed E-state index contributed by atoms with van der Waals surface area (Å²) in [7, 11) is -3.34. The minimum absolute atomic E-state index is 0.0421. The van der Waals surface area contributed by atoms with Gasteiger partial charge in [-0.05, 0) is 57.0 Å². The van der Waals surface area contributed by atoms with E-state index in [1.54, 1.807) is 6.07 Å². The fraction of sp³-hybridized carbons (Fsp3) is 0.417. The van der Waals surface area contributed by atoms with E-state index in [4.69, 9.17) is 9.90 Å². The van der Waals surface area contributed by atoms with Crippen molar-refractivity contribution < 1.29 is 36.3 Å². The zero-order valence-electron chi connectivity index (χ0n) is 20.1. The van der Waals surface area contributed by atoms with Gasteiger partial charge in [-0.2, -0.15) is 13.2 Å². The molecule has 0 aliphatic heterocycles. The van der Waals surface area contributed by atoms with Crippen molar-refractivity contribution in [2.24, 2.45) is 0 Å². The number of hydrogen-bond donors (Lipinski definition) is 2. The summed E-state index contributed by atoms with van der Waals surface area (Å²) in [6.45, 7) is 9.91. The number of sulfone groups is 1. The average molecular weight is 517 g/mol. The van der Waals surface area contributed by atoms with Crippen LogP contribution in [0, 0.1) is 13.8 Å². The van der Waals surface area contributed by atoms with Gasteiger partial charge in [0.05, 0.1) is 11.5 Å². The molecule has 0 saturated heterocycles. The Labute approximate surface area is 203 Å². The van der Waals surface area contributed by atoms with E-state index in [1.165, 1.54) is 0 Å². The van der Waals surface area contributed by atoms with Crippen LogP contribution in [0.2, 0.25) is 0 Å². The summed E-state index contributed by atoms with van der Waals surface area (Å²) in [6, 6.07) is 13.3. The quantitative estimate of drug-likeness (QED) is 0.500. The highest BCUT2D eigenvalue weighted by Gasteiger charge is 2.38. The predicted molar refractivity (Wildman–Crippen MR) is 130 cm³/mol. The molecule has 0 spiro atoms. The van der Waals surface area contributed by atoms with Crippen molar-refractivity contribution in [1.29, 1.82) is 0 Å². The lowest BCUT2D eigenvalue weighted by atomic mass is 10.1. The molecular formula is C24H31F3N2O5S. The number of carboxylic acid groups (broad SMARTS) is 1. The first-order chi connectivity index (χ1) is 16.2. The SMILES string of the molecule is CCN(CC)c1ccc(NC(=O)CCS(=O)(=O)Cc2cccc(C)c2)c(C)c1.O=C(O)C(F)(F)F. The summed E-state index contributed by atoms with van der Waals surface area (Å²) in [4.78, 5) is 23.4. The third-order valence-corrected chi connectivity index (χ3v) is 6.56. The van der Waals surface area contributed by atoms with E-state index in [0.29, 0.717) is 0 Å². The highest BCUT2D eigenvalue weighted by Crippen LogP contribution is 2.23. The van der Waals surface area contributed by atoms with E-state index in [-0.39, 0.29) is 23.8 Å². The van der Waals surface area contributed by atoms with Crippen LogP contribution >= 0.6 is 0 Å². The molecule has 0 atom stereocenters. The zero-order valence-corrected chi connectivity index (χ0v) is 21.0. The lowest BCUT2D eigenvalue weighted by Crippen LogP contribution is -2.22. The largest absolute Gasteiger partial charge is 0.490 e. The van der Waals surface area contributed by atoms with Gasteiger partial charge in [-0.25, -0.2) is 13.2 Å². The maximum absolute atomic E-state index is 12.3. The van der Waals surface area contributed by atoms with Crippen molar-refractivity contribution in [2.45, 2.75) is 46.0 Å². The molecule has 0 aromatic heterocycles. The predicted octanol–water partition coefficient (Wildman–Crippen LogP) is 4.73. The zero-order chi connectivity index (χ0) is 26.8. The summed E-state index contributed by atoms with van der Waals surface area (Å²) >= 11 is 0. The molecule has 2 aromatic carbocycles. The number of nitrogens with one attached hydrogen (secondary N) is 1. The highest BCUT2D eigenvalue weighted by molar-refractivity contribution is 7.90. The third kappa shape index (κ3) is 10.8. The van der Waals surface area contributed by atoms with Gasteiger partial charge in [-0.15, -0.1) is 0 Å². The molecule has 0 aliphatic carbocycles. The molecule has 7 nitrogen and oxygen atoms in total. The van der Waals surface area contributed by atoms with Crippen molar-refractivity contribution in [2.75, 3.05) is 29.1 Å². The second kappa shape index (κ2) is 13.1. The second-order valence-corrected chi connectivity index (χ2v) is 10.0. The van der Waals surface area contributed by atoms with Gasteiger partial charge in [0.25, 0.3) is 0 Å². The Hall–Kier alpha value is -3.08. The standard InChI is InChI=1S/C22H30N2O3S.C2HF3O2/c1-5-24(6-2)20-10-11-21(18(4)15-20)23-22(25)12-13-28(26,27)16-19-9-7-8-17(3)14-19;3-2(4,5)1(6)7/h7-11,14-15H,5-6,12-13,16H2,1-4H3,(H,23,25);(H,6,7). The molecule has 0 bridgehead atoms. The maximum atomic E-state index is 12.3. The number of nitrogens with zero attached hydrogens (tertiary/aromatic N) is 1. The molecule has 0 heterocycles. The molecule has 1 amide bonds. The van der Waals surface area contributed by atoms with Crippen LogP contribution in [0.4, 0.5) is 24.5 Å². The van der Waals surface area contributed by atoms with Crippen molar-refractivity contribution in [1.82, 2.24) is 0 Å². The number of anilines is 2. The first kappa shape index (κ1) is 30.0. The van der Waals surface area contributed by atoms with Crippen LogP contribution in [0.15, 0.2) is 42.5 Å². The Morgan fingerprint density at radius 3 is 2.11 bits per heavy atom. The number of halogens is 3. The van der Waals surface area contributed by atoms with Gasteiger partial charge >= 0.3 is 12.1 Å². The van der Waals surface area contributed by atoms with Gasteiger partial charge in [0.15, 0.2) is 9.84 Å². The topological polar surface area (TPSA) is 104 Å². The normalized spacial score (nSPS) is 11.3. The third-order valence-electron chi connectivity index (χ3n) is 4.96. The van der Waals surface area contributed by atoms with E-state index >= 15 is 0 Å². The van der Waals surface area contributed by atoms with Crippen LogP contribution in [0.1, 0.15) is 37.0 Å². The summed E-state index contributed by atoms with van der Waals surface area (Å²) in [6.07, 6.45) is -5.13. The minimum atomic E-state index is -5.08. The molecular weight excluding hydrogens is 485 g/mol. The Morgan fingerprint density at radius 2 is 1.63 bits per heavy atom. The number of benzene rings is 2. The van der Waals surface area contributed by atoms with Crippen molar-refractivity contribution >= 4 is 33.1 Å². The van der Waals surface area contributed by atoms with E-state index < -0.39 is 22.0 Å². The summed E-state index contributed by atoms with van der Waals surface area (Å²) in [5.41, 5.74) is 4.57. The Balaban J connectivity index is 0.000000762. The minimum Gasteiger partial charge on any atom is -0.475 e. The number of rotatable bonds is 9. The van der Waals surface area contributed by atoms with Gasteiger partial charge < -0.3 is 15.3 Å². The number of carboxylic acids is 1. The lowest BCUT2D eigenvalue weighted by Gasteiger charge is -2.22. The lowest BCUT2D eigenvalue weighted by molar-refractivity contribution is -0.192. The molecule has 2 rings (SSSR count). The van der Waals surface area contributed by atoms with Crippen LogP contribution < -0.4 is 10.2 Å². The number of carbonyl (C=O) groups excluding carboxylic acids is 1. The number of aliphatic carboxylic acids is 1. The van der Waals surface area contributed by atoms with E-state index in [1.807, 2.05) is 50.2 Å². The number of alkyl halides is 3. The fourth-order valence-electron chi connectivity index (χ4n) is 3.16. The van der Waals surface area contributed by atoms with Crippen LogP contribution in [0.25, 0.3) is 0 Å². The molecule has 2 aromatic rings. The fourth-order valence-corrected chi connectivity index (χ4v) is 4.49.